The van der Waals surface area contributed by atoms with Crippen LogP contribution in [0, 0.1) is 5.92 Å². The number of hydrogen-bond donors (Lipinski definition) is 3. The number of carbonyl (C=O) groups is 2. The molecule has 0 radical (unpaired) electrons. The summed E-state index contributed by atoms with van der Waals surface area (Å²) in [4.78, 5) is 23.2. The Hall–Kier alpha value is -1.10. The van der Waals surface area contributed by atoms with E-state index in [1.54, 1.807) is 6.92 Å². The van der Waals surface area contributed by atoms with E-state index in [0.717, 1.165) is 25.7 Å². The second-order valence-corrected chi connectivity index (χ2v) is 5.48. The largest absolute Gasteiger partial charge is 0.481 e. The average molecular weight is 256 g/mol. The number of nitrogens with two attached hydrogens (primary N) is 1. The highest BCUT2D eigenvalue weighted by atomic mass is 16.4. The van der Waals surface area contributed by atoms with Gasteiger partial charge in [0.25, 0.3) is 0 Å². The summed E-state index contributed by atoms with van der Waals surface area (Å²) in [6, 6.07) is -0.275. The van der Waals surface area contributed by atoms with Crippen LogP contribution in [0.4, 0.5) is 0 Å². The highest BCUT2D eigenvalue weighted by Crippen LogP contribution is 2.25. The van der Waals surface area contributed by atoms with E-state index >= 15 is 0 Å². The molecule has 18 heavy (non-hydrogen) atoms. The van der Waals surface area contributed by atoms with Gasteiger partial charge in [0.1, 0.15) is 0 Å². The van der Waals surface area contributed by atoms with Crippen LogP contribution < -0.4 is 11.1 Å². The number of carboxylic acids is 1. The van der Waals surface area contributed by atoms with Gasteiger partial charge < -0.3 is 16.2 Å². The maximum absolute atomic E-state index is 12.1. The fraction of sp³-hybridized carbons (Fsp3) is 0.846. The molecule has 0 aromatic rings. The van der Waals surface area contributed by atoms with Gasteiger partial charge in [0, 0.05) is 6.04 Å². The fourth-order valence-electron chi connectivity index (χ4n) is 2.57. The summed E-state index contributed by atoms with van der Waals surface area (Å²) in [5, 5.41) is 12.0. The minimum Gasteiger partial charge on any atom is -0.481 e. The van der Waals surface area contributed by atoms with Crippen molar-refractivity contribution >= 4 is 11.9 Å². The smallest absolute Gasteiger partial charge is 0.308 e. The molecule has 104 valence electrons. The van der Waals surface area contributed by atoms with Crippen LogP contribution in [0.25, 0.3) is 0 Å². The lowest BCUT2D eigenvalue weighted by molar-refractivity contribution is -0.144. The highest BCUT2D eigenvalue weighted by Gasteiger charge is 2.35. The minimum atomic E-state index is -0.907. The van der Waals surface area contributed by atoms with Crippen molar-refractivity contribution in [2.75, 3.05) is 0 Å². The van der Waals surface area contributed by atoms with E-state index in [-0.39, 0.29) is 11.9 Å². The van der Waals surface area contributed by atoms with E-state index in [1.807, 2.05) is 6.92 Å². The van der Waals surface area contributed by atoms with Crippen molar-refractivity contribution in [3.05, 3.63) is 0 Å². The van der Waals surface area contributed by atoms with E-state index in [9.17, 15) is 9.59 Å². The van der Waals surface area contributed by atoms with Crippen molar-refractivity contribution < 1.29 is 14.7 Å². The zero-order valence-electron chi connectivity index (χ0n) is 11.2. The molecule has 0 heterocycles. The molecule has 1 amide bonds. The van der Waals surface area contributed by atoms with Crippen molar-refractivity contribution in [3.8, 4) is 0 Å². The number of rotatable bonds is 5. The number of carbonyl (C=O) groups excluding carboxylic acids is 1. The Bertz CT molecular complexity index is 315. The first-order valence-corrected chi connectivity index (χ1v) is 6.71. The Morgan fingerprint density at radius 3 is 2.56 bits per heavy atom. The monoisotopic (exact) mass is 256 g/mol. The van der Waals surface area contributed by atoms with Crippen LogP contribution in [-0.2, 0) is 9.59 Å². The molecule has 0 aromatic carbocycles. The first-order valence-electron chi connectivity index (χ1n) is 6.71. The quantitative estimate of drug-likeness (QED) is 0.690. The van der Waals surface area contributed by atoms with E-state index in [2.05, 4.69) is 5.32 Å². The summed E-state index contributed by atoms with van der Waals surface area (Å²) < 4.78 is 0. The average Bonchev–Trinajstić information content (AvgIpc) is 2.29. The van der Waals surface area contributed by atoms with Crippen LogP contribution >= 0.6 is 0 Å². The highest BCUT2D eigenvalue weighted by molar-refractivity contribution is 5.86. The van der Waals surface area contributed by atoms with Crippen molar-refractivity contribution in [2.45, 2.75) is 64.0 Å². The van der Waals surface area contributed by atoms with Crippen LogP contribution in [0.1, 0.15) is 52.4 Å². The van der Waals surface area contributed by atoms with Gasteiger partial charge in [0.15, 0.2) is 0 Å². The second kappa shape index (κ2) is 6.18. The predicted molar refractivity (Wildman–Crippen MR) is 69.0 cm³/mol. The molecule has 1 aliphatic rings. The van der Waals surface area contributed by atoms with Crippen LogP contribution in [0.3, 0.4) is 0 Å². The summed E-state index contributed by atoms with van der Waals surface area (Å²) in [7, 11) is 0. The predicted octanol–water partition coefficient (Wildman–Crippen LogP) is 1.26. The van der Waals surface area contributed by atoms with Crippen molar-refractivity contribution in [3.63, 3.8) is 0 Å². The summed E-state index contributed by atoms with van der Waals surface area (Å²) in [6.45, 7) is 3.67. The molecule has 3 unspecified atom stereocenters. The van der Waals surface area contributed by atoms with Crippen LogP contribution in [0.15, 0.2) is 0 Å². The van der Waals surface area contributed by atoms with Gasteiger partial charge in [-0.25, -0.2) is 0 Å². The third-order valence-corrected chi connectivity index (χ3v) is 3.69. The molecule has 1 fully saturated rings. The third-order valence-electron chi connectivity index (χ3n) is 3.69. The van der Waals surface area contributed by atoms with E-state index in [1.165, 1.54) is 0 Å². The number of hydrogen-bond acceptors (Lipinski definition) is 3. The SMILES string of the molecule is CCCC(C)(N)C(=O)NC1CCCCC1C(=O)O. The number of carboxylic acid groups (broad SMARTS) is 1. The fourth-order valence-corrected chi connectivity index (χ4v) is 2.57. The summed E-state index contributed by atoms with van der Waals surface area (Å²) in [6.07, 6.45) is 4.67. The van der Waals surface area contributed by atoms with E-state index in [0.29, 0.717) is 12.8 Å². The molecule has 0 aliphatic heterocycles. The molecule has 5 nitrogen and oxygen atoms in total. The molecule has 4 N–H and O–H groups in total. The van der Waals surface area contributed by atoms with Gasteiger partial charge in [0.05, 0.1) is 11.5 Å². The lowest BCUT2D eigenvalue weighted by atomic mass is 9.83. The molecule has 0 aromatic heterocycles. The van der Waals surface area contributed by atoms with Crippen molar-refractivity contribution in [1.29, 1.82) is 0 Å². The van der Waals surface area contributed by atoms with E-state index in [4.69, 9.17) is 10.8 Å². The topological polar surface area (TPSA) is 92.4 Å². The molecule has 0 saturated heterocycles. The summed E-state index contributed by atoms with van der Waals surface area (Å²) >= 11 is 0. The lowest BCUT2D eigenvalue weighted by Gasteiger charge is -2.32. The van der Waals surface area contributed by atoms with Gasteiger partial charge >= 0.3 is 5.97 Å². The molecule has 1 saturated carbocycles. The Balaban J connectivity index is 2.64. The van der Waals surface area contributed by atoms with Gasteiger partial charge in [-0.05, 0) is 26.2 Å². The molecule has 0 spiro atoms. The normalized spacial score (nSPS) is 27.3. The molecule has 1 aliphatic carbocycles. The van der Waals surface area contributed by atoms with E-state index < -0.39 is 17.4 Å². The van der Waals surface area contributed by atoms with Gasteiger partial charge in [-0.15, -0.1) is 0 Å². The standard InChI is InChI=1S/C13H24N2O3/c1-3-8-13(2,14)12(18)15-10-7-5-4-6-9(10)11(16)17/h9-10H,3-8,14H2,1-2H3,(H,15,18)(H,16,17). The zero-order chi connectivity index (χ0) is 13.8. The van der Waals surface area contributed by atoms with Crippen LogP contribution in [0.5, 0.6) is 0 Å². The molecule has 0 bridgehead atoms. The Morgan fingerprint density at radius 1 is 1.39 bits per heavy atom. The summed E-state index contributed by atoms with van der Waals surface area (Å²) in [5.74, 6) is -1.53. The number of aliphatic carboxylic acids is 1. The molecular weight excluding hydrogens is 232 g/mol. The van der Waals surface area contributed by atoms with Crippen LogP contribution in [0.2, 0.25) is 0 Å². The first kappa shape index (κ1) is 15.0. The molecule has 1 rings (SSSR count). The van der Waals surface area contributed by atoms with Gasteiger partial charge in [-0.2, -0.15) is 0 Å². The minimum absolute atomic E-state index is 0.234. The lowest BCUT2D eigenvalue weighted by Crippen LogP contribution is -2.56. The Kier molecular flexibility index (Phi) is 5.14. The van der Waals surface area contributed by atoms with Crippen LogP contribution in [-0.4, -0.2) is 28.6 Å². The van der Waals surface area contributed by atoms with Crippen molar-refractivity contribution in [2.24, 2.45) is 11.7 Å². The number of nitrogens with one attached hydrogen (secondary N) is 1. The van der Waals surface area contributed by atoms with Crippen molar-refractivity contribution in [1.82, 2.24) is 5.32 Å². The second-order valence-electron chi connectivity index (χ2n) is 5.48. The molecular formula is C13H24N2O3. The maximum atomic E-state index is 12.1. The Morgan fingerprint density at radius 2 is 2.00 bits per heavy atom. The Labute approximate surface area is 108 Å². The van der Waals surface area contributed by atoms with Gasteiger partial charge in [0.2, 0.25) is 5.91 Å². The van der Waals surface area contributed by atoms with Gasteiger partial charge in [-0.1, -0.05) is 26.2 Å². The summed E-state index contributed by atoms with van der Waals surface area (Å²) in [5.41, 5.74) is 5.04. The zero-order valence-corrected chi connectivity index (χ0v) is 11.2. The third kappa shape index (κ3) is 3.70. The van der Waals surface area contributed by atoms with Gasteiger partial charge in [-0.3, -0.25) is 9.59 Å². The maximum Gasteiger partial charge on any atom is 0.308 e. The number of amides is 1. The first-order chi connectivity index (χ1) is 8.38. The molecule has 5 heteroatoms. The molecule has 3 atom stereocenters.